The van der Waals surface area contributed by atoms with Gasteiger partial charge in [0.2, 0.25) is 5.91 Å². The smallest absolute Gasteiger partial charge is 0.254 e. The van der Waals surface area contributed by atoms with Crippen molar-refractivity contribution in [2.24, 2.45) is 5.92 Å². The van der Waals surface area contributed by atoms with E-state index in [2.05, 4.69) is 11.9 Å². The minimum Gasteiger partial charge on any atom is -0.330 e. The Morgan fingerprint density at radius 3 is 2.58 bits per heavy atom. The quantitative estimate of drug-likeness (QED) is 0.777. The first-order valence-corrected chi connectivity index (χ1v) is 8.89. The summed E-state index contributed by atoms with van der Waals surface area (Å²) in [6.45, 7) is 4.81. The molecule has 1 saturated carbocycles. The third-order valence-electron chi connectivity index (χ3n) is 3.91. The second-order valence-corrected chi connectivity index (χ2v) is 6.93. The second kappa shape index (κ2) is 7.45. The van der Waals surface area contributed by atoms with Crippen molar-refractivity contribution in [2.75, 3.05) is 11.9 Å². The van der Waals surface area contributed by atoms with Crippen LogP contribution in [0.3, 0.4) is 0 Å². The fourth-order valence-electron chi connectivity index (χ4n) is 2.43. The molecule has 1 fully saturated rings. The molecule has 2 aromatic rings. The van der Waals surface area contributed by atoms with Gasteiger partial charge < -0.3 is 10.2 Å². The van der Waals surface area contributed by atoms with Crippen LogP contribution in [0.2, 0.25) is 0 Å². The SMILES string of the molecule is C=CCN(Cc1cccs1)C(=O)c1ccc(NC(=O)C2CC2)cc1. The molecule has 2 amide bonds. The van der Waals surface area contributed by atoms with E-state index in [1.54, 1.807) is 46.6 Å². The van der Waals surface area contributed by atoms with Crippen LogP contribution in [-0.4, -0.2) is 23.3 Å². The molecule has 0 radical (unpaired) electrons. The lowest BCUT2D eigenvalue weighted by Gasteiger charge is -2.20. The third kappa shape index (κ3) is 4.11. The maximum Gasteiger partial charge on any atom is 0.254 e. The van der Waals surface area contributed by atoms with E-state index in [9.17, 15) is 9.59 Å². The molecule has 0 atom stereocenters. The van der Waals surface area contributed by atoms with Crippen LogP contribution in [0, 0.1) is 5.92 Å². The molecule has 1 aliphatic carbocycles. The van der Waals surface area contributed by atoms with Crippen molar-refractivity contribution < 1.29 is 9.59 Å². The highest BCUT2D eigenvalue weighted by molar-refractivity contribution is 7.09. The molecule has 124 valence electrons. The largest absolute Gasteiger partial charge is 0.330 e. The van der Waals surface area contributed by atoms with E-state index in [1.807, 2.05) is 17.5 Å². The minimum absolute atomic E-state index is 0.0385. The van der Waals surface area contributed by atoms with Crippen molar-refractivity contribution in [1.82, 2.24) is 4.90 Å². The van der Waals surface area contributed by atoms with E-state index in [-0.39, 0.29) is 17.7 Å². The maximum atomic E-state index is 12.7. The van der Waals surface area contributed by atoms with Gasteiger partial charge >= 0.3 is 0 Å². The number of thiophene rings is 1. The third-order valence-corrected chi connectivity index (χ3v) is 4.77. The van der Waals surface area contributed by atoms with E-state index < -0.39 is 0 Å². The van der Waals surface area contributed by atoms with Crippen LogP contribution < -0.4 is 5.32 Å². The number of hydrogen-bond donors (Lipinski definition) is 1. The molecule has 1 heterocycles. The molecule has 5 heteroatoms. The Morgan fingerprint density at radius 1 is 1.25 bits per heavy atom. The zero-order valence-electron chi connectivity index (χ0n) is 13.4. The van der Waals surface area contributed by atoms with Crippen LogP contribution in [0.5, 0.6) is 0 Å². The van der Waals surface area contributed by atoms with Gasteiger partial charge in [0.25, 0.3) is 5.91 Å². The monoisotopic (exact) mass is 340 g/mol. The summed E-state index contributed by atoms with van der Waals surface area (Å²) in [4.78, 5) is 27.4. The van der Waals surface area contributed by atoms with E-state index >= 15 is 0 Å². The summed E-state index contributed by atoms with van der Waals surface area (Å²) in [6, 6.07) is 11.1. The fraction of sp³-hybridized carbons (Fsp3) is 0.263. The lowest BCUT2D eigenvalue weighted by Crippen LogP contribution is -2.30. The average molecular weight is 340 g/mol. The Balaban J connectivity index is 1.67. The van der Waals surface area contributed by atoms with Crippen LogP contribution in [0.4, 0.5) is 5.69 Å². The summed E-state index contributed by atoms with van der Waals surface area (Å²) < 4.78 is 0. The van der Waals surface area contributed by atoms with Gasteiger partial charge in [0.1, 0.15) is 0 Å². The fourth-order valence-corrected chi connectivity index (χ4v) is 3.15. The summed E-state index contributed by atoms with van der Waals surface area (Å²) in [5.74, 6) is 0.198. The molecule has 1 aromatic heterocycles. The molecular formula is C19H20N2O2S. The first kappa shape index (κ1) is 16.5. The van der Waals surface area contributed by atoms with E-state index in [0.717, 1.165) is 23.4 Å². The van der Waals surface area contributed by atoms with Gasteiger partial charge in [-0.05, 0) is 48.6 Å². The number of benzene rings is 1. The first-order chi connectivity index (χ1) is 11.7. The number of anilines is 1. The number of carbonyl (C=O) groups excluding carboxylic acids is 2. The van der Waals surface area contributed by atoms with E-state index in [1.165, 1.54) is 0 Å². The molecule has 24 heavy (non-hydrogen) atoms. The second-order valence-electron chi connectivity index (χ2n) is 5.89. The maximum absolute atomic E-state index is 12.7. The predicted molar refractivity (Wildman–Crippen MR) is 97.1 cm³/mol. The normalized spacial score (nSPS) is 13.3. The molecule has 0 aliphatic heterocycles. The highest BCUT2D eigenvalue weighted by Crippen LogP contribution is 2.30. The number of nitrogens with zero attached hydrogens (tertiary/aromatic N) is 1. The summed E-state index contributed by atoms with van der Waals surface area (Å²) in [6.07, 6.45) is 3.68. The minimum atomic E-state index is -0.0385. The molecule has 1 N–H and O–H groups in total. The number of carbonyl (C=O) groups is 2. The summed E-state index contributed by atoms with van der Waals surface area (Å²) in [7, 11) is 0. The molecule has 1 aromatic carbocycles. The zero-order chi connectivity index (χ0) is 16.9. The highest BCUT2D eigenvalue weighted by Gasteiger charge is 2.29. The standard InChI is InChI=1S/C19H20N2O2S/c1-2-11-21(13-17-4-3-12-24-17)19(23)15-7-9-16(10-8-15)20-18(22)14-5-6-14/h2-4,7-10,12,14H,1,5-6,11,13H2,(H,20,22). The van der Waals surface area contributed by atoms with Gasteiger partial charge in [0.15, 0.2) is 0 Å². The van der Waals surface area contributed by atoms with Crippen molar-refractivity contribution in [3.63, 3.8) is 0 Å². The van der Waals surface area contributed by atoms with Crippen LogP contribution in [0.25, 0.3) is 0 Å². The first-order valence-electron chi connectivity index (χ1n) is 8.01. The van der Waals surface area contributed by atoms with Gasteiger partial charge in [-0.2, -0.15) is 0 Å². The van der Waals surface area contributed by atoms with Crippen molar-refractivity contribution in [2.45, 2.75) is 19.4 Å². The Morgan fingerprint density at radius 2 is 2.00 bits per heavy atom. The van der Waals surface area contributed by atoms with Gasteiger partial charge in [-0.15, -0.1) is 17.9 Å². The Hall–Kier alpha value is -2.40. The van der Waals surface area contributed by atoms with Gasteiger partial charge in [-0.1, -0.05) is 12.1 Å². The molecule has 0 bridgehead atoms. The van der Waals surface area contributed by atoms with Crippen molar-refractivity contribution in [3.05, 3.63) is 64.9 Å². The summed E-state index contributed by atoms with van der Waals surface area (Å²) in [5.41, 5.74) is 1.34. The Kier molecular flexibility index (Phi) is 5.11. The number of rotatable bonds is 7. The van der Waals surface area contributed by atoms with Crippen molar-refractivity contribution >= 4 is 28.8 Å². The van der Waals surface area contributed by atoms with Crippen LogP contribution in [0.15, 0.2) is 54.4 Å². The number of hydrogen-bond acceptors (Lipinski definition) is 3. The Labute approximate surface area is 145 Å². The molecule has 3 rings (SSSR count). The lowest BCUT2D eigenvalue weighted by atomic mass is 10.1. The van der Waals surface area contributed by atoms with Gasteiger partial charge in [-0.3, -0.25) is 9.59 Å². The number of nitrogens with one attached hydrogen (secondary N) is 1. The molecule has 4 nitrogen and oxygen atoms in total. The van der Waals surface area contributed by atoms with E-state index in [4.69, 9.17) is 0 Å². The van der Waals surface area contributed by atoms with Gasteiger partial charge in [-0.25, -0.2) is 0 Å². The molecule has 1 aliphatic rings. The predicted octanol–water partition coefficient (Wildman–Crippen LogP) is 3.93. The summed E-state index contributed by atoms with van der Waals surface area (Å²) in [5, 5.41) is 4.89. The summed E-state index contributed by atoms with van der Waals surface area (Å²) >= 11 is 1.63. The van der Waals surface area contributed by atoms with Gasteiger partial charge in [0.05, 0.1) is 6.54 Å². The Bertz CT molecular complexity index is 718. The topological polar surface area (TPSA) is 49.4 Å². The van der Waals surface area contributed by atoms with Gasteiger partial charge in [0, 0.05) is 28.6 Å². The molecule has 0 unspecified atom stereocenters. The number of amides is 2. The molecule has 0 spiro atoms. The van der Waals surface area contributed by atoms with Crippen LogP contribution in [-0.2, 0) is 11.3 Å². The molecular weight excluding hydrogens is 320 g/mol. The van der Waals surface area contributed by atoms with E-state index in [0.29, 0.717) is 18.7 Å². The van der Waals surface area contributed by atoms with Crippen LogP contribution in [0.1, 0.15) is 28.1 Å². The zero-order valence-corrected chi connectivity index (χ0v) is 14.2. The van der Waals surface area contributed by atoms with Crippen molar-refractivity contribution in [3.8, 4) is 0 Å². The van der Waals surface area contributed by atoms with Crippen LogP contribution >= 0.6 is 11.3 Å². The highest BCUT2D eigenvalue weighted by atomic mass is 32.1. The van der Waals surface area contributed by atoms with Crippen molar-refractivity contribution in [1.29, 1.82) is 0 Å². The average Bonchev–Trinajstić information content (AvgIpc) is 3.32. The molecule has 0 saturated heterocycles. The lowest BCUT2D eigenvalue weighted by molar-refractivity contribution is -0.117.